The Morgan fingerprint density at radius 1 is 1.14 bits per heavy atom. The van der Waals surface area contributed by atoms with Crippen molar-refractivity contribution in [1.29, 1.82) is 0 Å². The molecule has 0 spiro atoms. The van der Waals surface area contributed by atoms with Gasteiger partial charge in [-0.05, 0) is 51.1 Å². The molecule has 0 bridgehead atoms. The number of halogens is 1. The fraction of sp³-hybridized carbons (Fsp3) is 0.250. The van der Waals surface area contributed by atoms with Crippen LogP contribution in [0.5, 0.6) is 0 Å². The average molecular weight is 421 g/mol. The first-order valence-electron chi connectivity index (χ1n) is 8.70. The molecule has 0 radical (unpaired) electrons. The Morgan fingerprint density at radius 2 is 1.79 bits per heavy atom. The number of anilines is 1. The lowest BCUT2D eigenvalue weighted by atomic mass is 10.1. The van der Waals surface area contributed by atoms with Gasteiger partial charge in [0.05, 0.1) is 9.92 Å². The van der Waals surface area contributed by atoms with Crippen LogP contribution in [0.4, 0.5) is 5.69 Å². The lowest BCUT2D eigenvalue weighted by molar-refractivity contribution is 0.0998. The summed E-state index contributed by atoms with van der Waals surface area (Å²) in [5.74, 6) is -0.265. The number of hydrogen-bond acceptors (Lipinski definition) is 4. The van der Waals surface area contributed by atoms with E-state index < -0.39 is 15.9 Å². The van der Waals surface area contributed by atoms with Gasteiger partial charge in [-0.25, -0.2) is 8.42 Å². The minimum Gasteiger partial charge on any atom is -0.449 e. The van der Waals surface area contributed by atoms with Gasteiger partial charge in [-0.2, -0.15) is 4.31 Å². The first-order chi connectivity index (χ1) is 13.1. The molecule has 1 amide bonds. The first-order valence-corrected chi connectivity index (χ1v) is 10.5. The SMILES string of the molecule is Cc1c(C(=O)Nc2ccc(S(=O)(=O)N(C)C(C)C)cc2)oc2c(Cl)cccc12. The van der Waals surface area contributed by atoms with Gasteiger partial charge in [0, 0.05) is 29.7 Å². The number of sulfonamides is 1. The summed E-state index contributed by atoms with van der Waals surface area (Å²) in [6.07, 6.45) is 0. The quantitative estimate of drug-likeness (QED) is 0.650. The zero-order valence-corrected chi connectivity index (χ0v) is 17.6. The van der Waals surface area contributed by atoms with E-state index in [4.69, 9.17) is 16.0 Å². The van der Waals surface area contributed by atoms with Gasteiger partial charge in [0.25, 0.3) is 5.91 Å². The number of carbonyl (C=O) groups is 1. The normalized spacial score (nSPS) is 12.1. The number of aryl methyl sites for hydroxylation is 1. The van der Waals surface area contributed by atoms with Crippen molar-refractivity contribution >= 4 is 44.2 Å². The molecular formula is C20H21ClN2O4S. The van der Waals surface area contributed by atoms with Crippen LogP contribution in [0, 0.1) is 6.92 Å². The molecule has 0 unspecified atom stereocenters. The first kappa shape index (κ1) is 20.4. The van der Waals surface area contributed by atoms with E-state index in [2.05, 4.69) is 5.32 Å². The van der Waals surface area contributed by atoms with Gasteiger partial charge in [-0.15, -0.1) is 0 Å². The number of amides is 1. The number of para-hydroxylation sites is 1. The maximum Gasteiger partial charge on any atom is 0.291 e. The molecule has 148 valence electrons. The van der Waals surface area contributed by atoms with Crippen LogP contribution in [-0.4, -0.2) is 31.7 Å². The monoisotopic (exact) mass is 420 g/mol. The van der Waals surface area contributed by atoms with Crippen molar-refractivity contribution in [2.75, 3.05) is 12.4 Å². The number of benzene rings is 2. The smallest absolute Gasteiger partial charge is 0.291 e. The lowest BCUT2D eigenvalue weighted by Gasteiger charge is -2.21. The predicted molar refractivity (Wildman–Crippen MR) is 110 cm³/mol. The van der Waals surface area contributed by atoms with Gasteiger partial charge in [-0.3, -0.25) is 4.79 Å². The molecule has 3 rings (SSSR count). The Bertz CT molecular complexity index is 1130. The lowest BCUT2D eigenvalue weighted by Crippen LogP contribution is -2.33. The van der Waals surface area contributed by atoms with E-state index >= 15 is 0 Å². The third-order valence-electron chi connectivity index (χ3n) is 4.64. The van der Waals surface area contributed by atoms with Crippen LogP contribution in [-0.2, 0) is 10.0 Å². The van der Waals surface area contributed by atoms with E-state index in [0.717, 1.165) is 5.39 Å². The van der Waals surface area contributed by atoms with Crippen molar-refractivity contribution in [3.05, 3.63) is 58.8 Å². The molecule has 3 aromatic rings. The van der Waals surface area contributed by atoms with Crippen LogP contribution in [0.15, 0.2) is 51.8 Å². The highest BCUT2D eigenvalue weighted by molar-refractivity contribution is 7.89. The summed E-state index contributed by atoms with van der Waals surface area (Å²) in [7, 11) is -2.04. The minimum absolute atomic E-state index is 0.160. The maximum atomic E-state index is 12.6. The second-order valence-electron chi connectivity index (χ2n) is 6.77. The molecule has 1 N–H and O–H groups in total. The van der Waals surface area contributed by atoms with E-state index in [0.29, 0.717) is 21.9 Å². The molecule has 1 heterocycles. The van der Waals surface area contributed by atoms with Crippen LogP contribution in [0.25, 0.3) is 11.0 Å². The molecule has 0 saturated heterocycles. The highest BCUT2D eigenvalue weighted by atomic mass is 35.5. The Labute approximate surface area is 169 Å². The highest BCUT2D eigenvalue weighted by Gasteiger charge is 2.23. The highest BCUT2D eigenvalue weighted by Crippen LogP contribution is 2.31. The average Bonchev–Trinajstić information content (AvgIpc) is 3.00. The van der Waals surface area contributed by atoms with E-state index in [1.54, 1.807) is 45.0 Å². The predicted octanol–water partition coefficient (Wildman–Crippen LogP) is 4.68. The van der Waals surface area contributed by atoms with Gasteiger partial charge in [0.15, 0.2) is 11.3 Å². The van der Waals surface area contributed by atoms with Crippen molar-refractivity contribution in [1.82, 2.24) is 4.31 Å². The molecule has 6 nitrogen and oxygen atoms in total. The molecule has 1 aromatic heterocycles. The Hall–Kier alpha value is -2.35. The van der Waals surface area contributed by atoms with Gasteiger partial charge >= 0.3 is 0 Å². The van der Waals surface area contributed by atoms with Crippen LogP contribution in [0.3, 0.4) is 0 Å². The van der Waals surface area contributed by atoms with Gasteiger partial charge in [-0.1, -0.05) is 23.7 Å². The maximum absolute atomic E-state index is 12.6. The number of fused-ring (bicyclic) bond motifs is 1. The number of furan rings is 1. The van der Waals surface area contributed by atoms with Crippen molar-refractivity contribution in [3.8, 4) is 0 Å². The molecule has 8 heteroatoms. The summed E-state index contributed by atoms with van der Waals surface area (Å²) in [5.41, 5.74) is 1.61. The molecule has 28 heavy (non-hydrogen) atoms. The van der Waals surface area contributed by atoms with Crippen LogP contribution in [0.2, 0.25) is 5.02 Å². The third kappa shape index (κ3) is 3.65. The Kier molecular flexibility index (Phi) is 5.52. The zero-order chi connectivity index (χ0) is 20.6. The largest absolute Gasteiger partial charge is 0.449 e. The van der Waals surface area contributed by atoms with Crippen molar-refractivity contribution in [2.45, 2.75) is 31.7 Å². The van der Waals surface area contributed by atoms with Crippen LogP contribution < -0.4 is 5.32 Å². The van der Waals surface area contributed by atoms with Crippen molar-refractivity contribution < 1.29 is 17.6 Å². The summed E-state index contributed by atoms with van der Waals surface area (Å²) in [4.78, 5) is 12.8. The number of nitrogens with zero attached hydrogens (tertiary/aromatic N) is 1. The van der Waals surface area contributed by atoms with E-state index in [1.165, 1.54) is 23.5 Å². The van der Waals surface area contributed by atoms with Crippen LogP contribution in [0.1, 0.15) is 30.0 Å². The van der Waals surface area contributed by atoms with E-state index in [1.807, 2.05) is 6.07 Å². The number of hydrogen-bond donors (Lipinski definition) is 1. The number of nitrogens with one attached hydrogen (secondary N) is 1. The third-order valence-corrected chi connectivity index (χ3v) is 6.98. The number of rotatable bonds is 5. The molecule has 0 fully saturated rings. The van der Waals surface area contributed by atoms with Gasteiger partial charge in [0.2, 0.25) is 10.0 Å². The Morgan fingerprint density at radius 3 is 2.36 bits per heavy atom. The molecule has 0 aliphatic carbocycles. The summed E-state index contributed by atoms with van der Waals surface area (Å²) in [6.45, 7) is 5.39. The molecule has 0 aliphatic heterocycles. The van der Waals surface area contributed by atoms with Crippen molar-refractivity contribution in [2.24, 2.45) is 0 Å². The minimum atomic E-state index is -3.58. The molecule has 0 saturated carbocycles. The molecule has 2 aromatic carbocycles. The second-order valence-corrected chi connectivity index (χ2v) is 9.17. The Balaban J connectivity index is 1.84. The fourth-order valence-corrected chi connectivity index (χ4v) is 4.35. The van der Waals surface area contributed by atoms with E-state index in [9.17, 15) is 13.2 Å². The summed E-state index contributed by atoms with van der Waals surface area (Å²) in [5, 5.41) is 3.93. The van der Waals surface area contributed by atoms with Crippen molar-refractivity contribution in [3.63, 3.8) is 0 Å². The summed E-state index contributed by atoms with van der Waals surface area (Å²) < 4.78 is 32.0. The van der Waals surface area contributed by atoms with Gasteiger partial charge < -0.3 is 9.73 Å². The second kappa shape index (κ2) is 7.58. The standard InChI is InChI=1S/C20H21ClN2O4S/c1-12(2)23(4)28(25,26)15-10-8-14(9-11-15)22-20(24)18-13(3)16-6-5-7-17(21)19(16)27-18/h5-12H,1-4H3,(H,22,24). The molecule has 0 atom stereocenters. The van der Waals surface area contributed by atoms with E-state index in [-0.39, 0.29) is 16.7 Å². The summed E-state index contributed by atoms with van der Waals surface area (Å²) >= 11 is 6.13. The fourth-order valence-electron chi connectivity index (χ4n) is 2.77. The molecule has 0 aliphatic rings. The summed E-state index contributed by atoms with van der Waals surface area (Å²) in [6, 6.07) is 11.2. The molecular weight excluding hydrogens is 400 g/mol. The van der Waals surface area contributed by atoms with Crippen LogP contribution >= 0.6 is 11.6 Å². The van der Waals surface area contributed by atoms with Gasteiger partial charge in [0.1, 0.15) is 0 Å². The number of carbonyl (C=O) groups excluding carboxylic acids is 1. The zero-order valence-electron chi connectivity index (χ0n) is 16.0. The topological polar surface area (TPSA) is 79.6 Å².